The number of carbonyl (C=O) groups is 1. The van der Waals surface area contributed by atoms with Crippen LogP contribution in [0, 0.1) is 0 Å². The van der Waals surface area contributed by atoms with Gasteiger partial charge in [0.25, 0.3) is 5.91 Å². The van der Waals surface area contributed by atoms with Crippen molar-refractivity contribution in [3.05, 3.63) is 59.1 Å². The van der Waals surface area contributed by atoms with Gasteiger partial charge in [-0.25, -0.2) is 0 Å². The highest BCUT2D eigenvalue weighted by Crippen LogP contribution is 2.24. The standard InChI is InChI=1S/C17H14ClN3O2S/c1-23-14-8-6-13(7-9-14)20-11-16(22)21(17(20)24)19-10-12-4-2-3-5-15(12)18/h2-10H,11H2,1H3/b19-10-. The number of nitrogens with zero attached hydrogens (tertiary/aromatic N) is 3. The van der Waals surface area contributed by atoms with Gasteiger partial charge in [-0.15, -0.1) is 0 Å². The molecule has 0 N–H and O–H groups in total. The Hall–Kier alpha value is -2.44. The number of carbonyl (C=O) groups excluding carboxylic acids is 1. The lowest BCUT2D eigenvalue weighted by atomic mass is 10.2. The van der Waals surface area contributed by atoms with E-state index in [9.17, 15) is 4.79 Å². The summed E-state index contributed by atoms with van der Waals surface area (Å²) in [5.74, 6) is 0.544. The van der Waals surface area contributed by atoms with Crippen LogP contribution < -0.4 is 9.64 Å². The molecule has 3 rings (SSSR count). The Morgan fingerprint density at radius 2 is 1.92 bits per heavy atom. The number of hydrazone groups is 1. The molecule has 1 fully saturated rings. The first-order chi connectivity index (χ1) is 11.6. The van der Waals surface area contributed by atoms with E-state index in [1.54, 1.807) is 18.1 Å². The summed E-state index contributed by atoms with van der Waals surface area (Å²) in [6, 6.07) is 14.6. The highest BCUT2D eigenvalue weighted by molar-refractivity contribution is 7.80. The third-order valence-electron chi connectivity index (χ3n) is 3.54. The summed E-state index contributed by atoms with van der Waals surface area (Å²) in [5, 5.41) is 6.29. The predicted molar refractivity (Wildman–Crippen MR) is 98.8 cm³/mol. The molecule has 1 aliphatic heterocycles. The van der Waals surface area contributed by atoms with Crippen LogP contribution in [-0.4, -0.2) is 35.9 Å². The largest absolute Gasteiger partial charge is 0.497 e. The number of hydrogen-bond acceptors (Lipinski definition) is 4. The molecule has 122 valence electrons. The first-order valence-corrected chi connectivity index (χ1v) is 7.96. The molecule has 1 saturated heterocycles. The third kappa shape index (κ3) is 3.25. The molecule has 1 aliphatic rings. The number of anilines is 1. The zero-order chi connectivity index (χ0) is 17.1. The molecule has 2 aromatic rings. The first-order valence-electron chi connectivity index (χ1n) is 7.17. The highest BCUT2D eigenvalue weighted by Gasteiger charge is 2.33. The van der Waals surface area contributed by atoms with E-state index < -0.39 is 0 Å². The number of amides is 1. The molecule has 0 radical (unpaired) electrons. The molecule has 0 atom stereocenters. The van der Waals surface area contributed by atoms with Gasteiger partial charge in [0.2, 0.25) is 5.11 Å². The van der Waals surface area contributed by atoms with E-state index in [0.717, 1.165) is 17.0 Å². The summed E-state index contributed by atoms with van der Waals surface area (Å²) < 4.78 is 5.13. The Kier molecular flexibility index (Phi) is 4.78. The summed E-state index contributed by atoms with van der Waals surface area (Å²) in [7, 11) is 1.60. The first kappa shape index (κ1) is 16.4. The SMILES string of the molecule is COc1ccc(N2CC(=O)N(/N=C\c3ccccc3Cl)C2=S)cc1. The molecule has 0 saturated carbocycles. The minimum absolute atomic E-state index is 0.144. The summed E-state index contributed by atoms with van der Waals surface area (Å²) in [5.41, 5.74) is 1.53. The van der Waals surface area contributed by atoms with Crippen molar-refractivity contribution < 1.29 is 9.53 Å². The summed E-state index contributed by atoms with van der Waals surface area (Å²) >= 11 is 11.5. The van der Waals surface area contributed by atoms with Crippen LogP contribution in [0.2, 0.25) is 5.02 Å². The lowest BCUT2D eigenvalue weighted by Crippen LogP contribution is -2.29. The van der Waals surface area contributed by atoms with Crippen LogP contribution >= 0.6 is 23.8 Å². The minimum atomic E-state index is -0.195. The number of hydrogen-bond donors (Lipinski definition) is 0. The van der Waals surface area contributed by atoms with Gasteiger partial charge in [-0.1, -0.05) is 29.8 Å². The van der Waals surface area contributed by atoms with Crippen molar-refractivity contribution in [2.45, 2.75) is 0 Å². The van der Waals surface area contributed by atoms with E-state index >= 15 is 0 Å². The second-order valence-electron chi connectivity index (χ2n) is 5.04. The van der Waals surface area contributed by atoms with Crippen LogP contribution in [0.5, 0.6) is 5.75 Å². The average molecular weight is 360 g/mol. The van der Waals surface area contributed by atoms with E-state index in [1.165, 1.54) is 11.2 Å². The van der Waals surface area contributed by atoms with Crippen LogP contribution in [-0.2, 0) is 4.79 Å². The van der Waals surface area contributed by atoms with Gasteiger partial charge in [-0.3, -0.25) is 4.79 Å². The van der Waals surface area contributed by atoms with Crippen molar-refractivity contribution in [1.29, 1.82) is 0 Å². The number of methoxy groups -OCH3 is 1. The smallest absolute Gasteiger partial charge is 0.269 e. The topological polar surface area (TPSA) is 45.1 Å². The van der Waals surface area contributed by atoms with Gasteiger partial charge < -0.3 is 9.64 Å². The average Bonchev–Trinajstić information content (AvgIpc) is 2.89. The number of ether oxygens (including phenoxy) is 1. The van der Waals surface area contributed by atoms with Crippen molar-refractivity contribution in [3.63, 3.8) is 0 Å². The van der Waals surface area contributed by atoms with Gasteiger partial charge in [-0.2, -0.15) is 10.1 Å². The number of thiocarbonyl (C=S) groups is 1. The summed E-state index contributed by atoms with van der Waals surface area (Å²) in [6.07, 6.45) is 1.53. The molecule has 0 bridgehead atoms. The fourth-order valence-corrected chi connectivity index (χ4v) is 2.77. The van der Waals surface area contributed by atoms with Crippen LogP contribution in [0.3, 0.4) is 0 Å². The lowest BCUT2D eigenvalue weighted by molar-refractivity contribution is -0.124. The number of halogens is 1. The summed E-state index contributed by atoms with van der Waals surface area (Å²) in [6.45, 7) is 0.144. The zero-order valence-electron chi connectivity index (χ0n) is 12.8. The monoisotopic (exact) mass is 359 g/mol. The van der Waals surface area contributed by atoms with Gasteiger partial charge in [0.1, 0.15) is 12.3 Å². The van der Waals surface area contributed by atoms with Gasteiger partial charge in [0, 0.05) is 16.3 Å². The second-order valence-corrected chi connectivity index (χ2v) is 5.81. The Labute approximate surface area is 150 Å². The maximum Gasteiger partial charge on any atom is 0.269 e. The van der Waals surface area contributed by atoms with Crippen molar-refractivity contribution in [3.8, 4) is 5.75 Å². The Balaban J connectivity index is 1.80. The maximum atomic E-state index is 12.2. The number of benzene rings is 2. The van der Waals surface area contributed by atoms with Crippen LogP contribution in [0.4, 0.5) is 5.69 Å². The molecular formula is C17H14ClN3O2S. The Morgan fingerprint density at radius 3 is 2.58 bits per heavy atom. The molecule has 1 amide bonds. The highest BCUT2D eigenvalue weighted by atomic mass is 35.5. The van der Waals surface area contributed by atoms with Crippen LogP contribution in [0.1, 0.15) is 5.56 Å². The fourth-order valence-electron chi connectivity index (χ4n) is 2.27. The second kappa shape index (κ2) is 6.98. The van der Waals surface area contributed by atoms with E-state index in [-0.39, 0.29) is 12.5 Å². The Bertz CT molecular complexity index is 808. The van der Waals surface area contributed by atoms with Gasteiger partial charge in [0.15, 0.2) is 0 Å². The van der Waals surface area contributed by atoms with E-state index in [2.05, 4.69) is 5.10 Å². The molecule has 0 aromatic heterocycles. The molecule has 2 aromatic carbocycles. The van der Waals surface area contributed by atoms with Gasteiger partial charge >= 0.3 is 0 Å². The molecule has 0 aliphatic carbocycles. The molecule has 7 heteroatoms. The van der Waals surface area contributed by atoms with E-state index in [4.69, 9.17) is 28.6 Å². The van der Waals surface area contributed by atoms with Crippen LogP contribution in [0.25, 0.3) is 0 Å². The number of rotatable bonds is 4. The summed E-state index contributed by atoms with van der Waals surface area (Å²) in [4.78, 5) is 13.9. The fraction of sp³-hybridized carbons (Fsp3) is 0.118. The molecule has 5 nitrogen and oxygen atoms in total. The predicted octanol–water partition coefficient (Wildman–Crippen LogP) is 3.32. The normalized spacial score (nSPS) is 14.8. The third-order valence-corrected chi connectivity index (χ3v) is 4.28. The molecule has 1 heterocycles. The van der Waals surface area contributed by atoms with Crippen molar-refractivity contribution in [1.82, 2.24) is 5.01 Å². The zero-order valence-corrected chi connectivity index (χ0v) is 14.4. The van der Waals surface area contributed by atoms with E-state index in [1.807, 2.05) is 42.5 Å². The lowest BCUT2D eigenvalue weighted by Gasteiger charge is -2.17. The van der Waals surface area contributed by atoms with Crippen molar-refractivity contribution in [2.75, 3.05) is 18.6 Å². The quantitative estimate of drug-likeness (QED) is 0.620. The maximum absolute atomic E-state index is 12.2. The van der Waals surface area contributed by atoms with Crippen molar-refractivity contribution >= 4 is 46.7 Å². The Morgan fingerprint density at radius 1 is 1.21 bits per heavy atom. The van der Waals surface area contributed by atoms with Gasteiger partial charge in [0.05, 0.1) is 13.3 Å². The molecule has 0 unspecified atom stereocenters. The van der Waals surface area contributed by atoms with Crippen molar-refractivity contribution in [2.24, 2.45) is 5.10 Å². The van der Waals surface area contributed by atoms with Gasteiger partial charge in [-0.05, 0) is 42.5 Å². The van der Waals surface area contributed by atoms with Crippen LogP contribution in [0.15, 0.2) is 53.6 Å². The minimum Gasteiger partial charge on any atom is -0.497 e. The molecule has 24 heavy (non-hydrogen) atoms. The molecular weight excluding hydrogens is 346 g/mol. The molecule has 0 spiro atoms. The van der Waals surface area contributed by atoms with E-state index in [0.29, 0.717) is 10.1 Å².